The number of imide groups is 1. The third-order valence-electron chi connectivity index (χ3n) is 5.22. The fourth-order valence-corrected chi connectivity index (χ4v) is 4.73. The van der Waals surface area contributed by atoms with E-state index in [1.165, 1.54) is 11.0 Å². The van der Waals surface area contributed by atoms with Crippen molar-refractivity contribution in [3.63, 3.8) is 0 Å². The van der Waals surface area contributed by atoms with Crippen molar-refractivity contribution in [1.82, 2.24) is 19.9 Å². The Morgan fingerprint density at radius 3 is 2.70 bits per heavy atom. The molecule has 1 aromatic heterocycles. The first-order valence-electron chi connectivity index (χ1n) is 9.90. The van der Waals surface area contributed by atoms with E-state index in [4.69, 9.17) is 4.74 Å². The topological polar surface area (TPSA) is 121 Å². The zero-order chi connectivity index (χ0) is 21.1. The summed E-state index contributed by atoms with van der Waals surface area (Å²) in [5, 5.41) is 2.22. The maximum atomic E-state index is 12.7. The fourth-order valence-electron chi connectivity index (χ4n) is 3.69. The second-order valence-corrected chi connectivity index (χ2v) is 9.33. The zero-order valence-electron chi connectivity index (χ0n) is 16.4. The minimum absolute atomic E-state index is 0.0191. The Kier molecular flexibility index (Phi) is 5.78. The number of benzene rings is 1. The number of H-pyrrole nitrogens is 1. The Hall–Kier alpha value is -2.85. The van der Waals surface area contributed by atoms with Crippen LogP contribution in [0.1, 0.15) is 36.9 Å². The van der Waals surface area contributed by atoms with Gasteiger partial charge in [0.1, 0.15) is 12.3 Å². The maximum Gasteiger partial charge on any atom is 0.324 e. The number of carbonyl (C=O) groups excluding carboxylic acids is 2. The maximum absolute atomic E-state index is 12.7. The third kappa shape index (κ3) is 4.82. The van der Waals surface area contributed by atoms with E-state index in [0.717, 1.165) is 31.2 Å². The van der Waals surface area contributed by atoms with Gasteiger partial charge in [-0.1, -0.05) is 6.07 Å². The van der Waals surface area contributed by atoms with E-state index >= 15 is 0 Å². The summed E-state index contributed by atoms with van der Waals surface area (Å²) in [5.41, 5.74) is 1.43. The molecule has 2 heterocycles. The number of aromatic amines is 1. The Balaban J connectivity index is 1.35. The summed E-state index contributed by atoms with van der Waals surface area (Å²) in [6, 6.07) is 7.86. The first-order valence-corrected chi connectivity index (χ1v) is 11.4. The third-order valence-corrected chi connectivity index (χ3v) is 6.62. The molecule has 160 valence electrons. The van der Waals surface area contributed by atoms with Crippen molar-refractivity contribution in [2.75, 3.05) is 6.54 Å². The fraction of sp³-hybridized carbons (Fsp3) is 0.400. The average molecular weight is 433 g/mol. The van der Waals surface area contributed by atoms with Gasteiger partial charge in [-0.15, -0.1) is 0 Å². The van der Waals surface area contributed by atoms with E-state index in [1.54, 1.807) is 30.5 Å². The summed E-state index contributed by atoms with van der Waals surface area (Å²) >= 11 is 0. The number of carbonyl (C=O) groups is 2. The van der Waals surface area contributed by atoms with Gasteiger partial charge in [-0.25, -0.2) is 17.9 Å². The Morgan fingerprint density at radius 2 is 1.97 bits per heavy atom. The summed E-state index contributed by atoms with van der Waals surface area (Å²) in [6.07, 6.45) is 6.12. The van der Waals surface area contributed by atoms with Gasteiger partial charge in [0.15, 0.2) is 0 Å². The number of amides is 3. The molecule has 0 radical (unpaired) electrons. The molecule has 0 spiro atoms. The van der Waals surface area contributed by atoms with Gasteiger partial charge in [0.05, 0.1) is 17.5 Å². The number of aromatic nitrogens is 1. The SMILES string of the molecule is O=C1CN(Cc2c[nH]c(CNS(=O)(=O)c3cccc(OC4CCCC4)c3)c2)C(=O)N1. The van der Waals surface area contributed by atoms with Gasteiger partial charge in [0, 0.05) is 24.5 Å². The summed E-state index contributed by atoms with van der Waals surface area (Å²) in [7, 11) is -3.71. The van der Waals surface area contributed by atoms with E-state index in [1.807, 2.05) is 0 Å². The van der Waals surface area contributed by atoms with E-state index in [-0.39, 0.29) is 36.5 Å². The van der Waals surface area contributed by atoms with Crippen LogP contribution >= 0.6 is 0 Å². The molecule has 0 bridgehead atoms. The van der Waals surface area contributed by atoms with Crippen molar-refractivity contribution in [2.45, 2.75) is 49.8 Å². The molecular formula is C20H24N4O5S. The van der Waals surface area contributed by atoms with Crippen LogP contribution in [0.5, 0.6) is 5.75 Å². The number of rotatable bonds is 8. The van der Waals surface area contributed by atoms with Crippen LogP contribution in [0.25, 0.3) is 0 Å². The van der Waals surface area contributed by atoms with E-state index in [2.05, 4.69) is 15.0 Å². The largest absolute Gasteiger partial charge is 0.490 e. The van der Waals surface area contributed by atoms with Crippen molar-refractivity contribution in [2.24, 2.45) is 0 Å². The van der Waals surface area contributed by atoms with Crippen LogP contribution in [0.4, 0.5) is 4.79 Å². The minimum Gasteiger partial charge on any atom is -0.490 e. The van der Waals surface area contributed by atoms with Gasteiger partial charge < -0.3 is 14.6 Å². The van der Waals surface area contributed by atoms with Gasteiger partial charge in [-0.3, -0.25) is 10.1 Å². The smallest absolute Gasteiger partial charge is 0.324 e. The van der Waals surface area contributed by atoms with Crippen LogP contribution in [-0.2, 0) is 27.9 Å². The van der Waals surface area contributed by atoms with Crippen LogP contribution in [0.3, 0.4) is 0 Å². The summed E-state index contributed by atoms with van der Waals surface area (Å²) < 4.78 is 33.8. The van der Waals surface area contributed by atoms with Gasteiger partial charge in [-0.2, -0.15) is 0 Å². The van der Waals surface area contributed by atoms with Crippen molar-refractivity contribution < 1.29 is 22.7 Å². The molecule has 0 atom stereocenters. The first kappa shape index (κ1) is 20.4. The van der Waals surface area contributed by atoms with E-state index in [0.29, 0.717) is 11.4 Å². The summed E-state index contributed by atoms with van der Waals surface area (Å²) in [5.74, 6) is 0.230. The highest BCUT2D eigenvalue weighted by atomic mass is 32.2. The number of hydrogen-bond acceptors (Lipinski definition) is 5. The van der Waals surface area contributed by atoms with Crippen molar-refractivity contribution in [3.8, 4) is 5.75 Å². The highest BCUT2D eigenvalue weighted by Gasteiger charge is 2.26. The molecule has 2 aliphatic rings. The predicted molar refractivity (Wildman–Crippen MR) is 108 cm³/mol. The summed E-state index contributed by atoms with van der Waals surface area (Å²) in [4.78, 5) is 27.4. The molecule has 1 saturated heterocycles. The van der Waals surface area contributed by atoms with E-state index < -0.39 is 16.1 Å². The Morgan fingerprint density at radius 1 is 1.17 bits per heavy atom. The number of hydrogen-bond donors (Lipinski definition) is 3. The molecule has 1 aliphatic carbocycles. The van der Waals surface area contributed by atoms with Crippen LogP contribution in [-0.4, -0.2) is 42.9 Å². The highest BCUT2D eigenvalue weighted by Crippen LogP contribution is 2.25. The highest BCUT2D eigenvalue weighted by molar-refractivity contribution is 7.89. The second-order valence-electron chi connectivity index (χ2n) is 7.57. The van der Waals surface area contributed by atoms with Crippen LogP contribution in [0.15, 0.2) is 41.4 Å². The standard InChI is InChI=1S/C20H24N4O5S/c25-19-13-24(20(26)23-19)12-14-8-15(21-10-14)11-22-30(27,28)18-7-3-6-17(9-18)29-16-4-1-2-5-16/h3,6-10,16,21-22H,1-2,4-5,11-13H2,(H,23,25,26). The molecule has 9 nitrogen and oxygen atoms in total. The lowest BCUT2D eigenvalue weighted by Gasteiger charge is -2.14. The molecule has 1 saturated carbocycles. The van der Waals surface area contributed by atoms with Gasteiger partial charge in [-0.05, 0) is 49.4 Å². The van der Waals surface area contributed by atoms with Crippen LogP contribution in [0.2, 0.25) is 0 Å². The zero-order valence-corrected chi connectivity index (χ0v) is 17.2. The van der Waals surface area contributed by atoms with Crippen molar-refractivity contribution in [3.05, 3.63) is 47.8 Å². The molecule has 30 heavy (non-hydrogen) atoms. The second kappa shape index (κ2) is 8.49. The molecule has 2 aromatic rings. The van der Waals surface area contributed by atoms with Gasteiger partial charge in [0.25, 0.3) is 0 Å². The average Bonchev–Trinajstić information content (AvgIpc) is 3.44. The number of sulfonamides is 1. The number of ether oxygens (including phenoxy) is 1. The lowest BCUT2D eigenvalue weighted by atomic mass is 10.3. The quantitative estimate of drug-likeness (QED) is 0.550. The lowest BCUT2D eigenvalue weighted by molar-refractivity contribution is -0.118. The molecule has 0 unspecified atom stereocenters. The van der Waals surface area contributed by atoms with Gasteiger partial charge in [0.2, 0.25) is 15.9 Å². The molecule has 1 aromatic carbocycles. The predicted octanol–water partition coefficient (Wildman–Crippen LogP) is 1.87. The van der Waals surface area contributed by atoms with Crippen LogP contribution < -0.4 is 14.8 Å². The molecule has 4 rings (SSSR count). The Labute approximate surface area is 174 Å². The molecule has 2 fully saturated rings. The van der Waals surface area contributed by atoms with E-state index in [9.17, 15) is 18.0 Å². The molecule has 10 heteroatoms. The number of nitrogens with one attached hydrogen (secondary N) is 3. The molecule has 1 aliphatic heterocycles. The molecule has 3 amide bonds. The molecule has 3 N–H and O–H groups in total. The molecular weight excluding hydrogens is 408 g/mol. The Bertz CT molecular complexity index is 1040. The normalized spacial score (nSPS) is 17.5. The first-order chi connectivity index (χ1) is 14.4. The van der Waals surface area contributed by atoms with Crippen molar-refractivity contribution in [1.29, 1.82) is 0 Å². The monoisotopic (exact) mass is 432 g/mol. The van der Waals surface area contributed by atoms with Crippen LogP contribution in [0, 0.1) is 0 Å². The minimum atomic E-state index is -3.71. The number of urea groups is 1. The number of nitrogens with zero attached hydrogens (tertiary/aromatic N) is 1. The summed E-state index contributed by atoms with van der Waals surface area (Å²) in [6.45, 7) is 0.355. The lowest BCUT2D eigenvalue weighted by Crippen LogP contribution is -2.27. The van der Waals surface area contributed by atoms with Gasteiger partial charge >= 0.3 is 6.03 Å². The van der Waals surface area contributed by atoms with Crippen molar-refractivity contribution >= 4 is 22.0 Å².